The summed E-state index contributed by atoms with van der Waals surface area (Å²) in [6.07, 6.45) is 15.4. The van der Waals surface area contributed by atoms with Crippen molar-refractivity contribution in [2.75, 3.05) is 0 Å². The molecule has 1 N–H and O–H groups in total. The van der Waals surface area contributed by atoms with Crippen LogP contribution in [0.4, 0.5) is 0 Å². The molecule has 0 radical (unpaired) electrons. The van der Waals surface area contributed by atoms with Crippen molar-refractivity contribution in [1.29, 1.82) is 0 Å². The first-order valence-electron chi connectivity index (χ1n) is 9.58. The molecule has 3 rings (SSSR count). The summed E-state index contributed by atoms with van der Waals surface area (Å²) in [5, 5.41) is 2.86. The summed E-state index contributed by atoms with van der Waals surface area (Å²) in [4.78, 5) is 28.5. The Bertz CT molecular complexity index is 661. The number of amides is 2. The molecule has 1 aliphatic heterocycles. The molecule has 4 nitrogen and oxygen atoms in total. The van der Waals surface area contributed by atoms with E-state index in [1.165, 1.54) is 19.3 Å². The van der Waals surface area contributed by atoms with Gasteiger partial charge in [-0.1, -0.05) is 37.8 Å². The first kappa shape index (κ1) is 17.8. The molecule has 0 spiro atoms. The SMILES string of the molecule is CCCCC1CCC(C(=O)N=C2C=CC3C(C)=CC(=O)NC3=C2)CC1. The number of unbranched alkanes of at least 4 members (excludes halogenated alkanes) is 1. The van der Waals surface area contributed by atoms with E-state index in [1.807, 2.05) is 25.2 Å². The minimum absolute atomic E-state index is 0.00158. The lowest BCUT2D eigenvalue weighted by Crippen LogP contribution is -2.32. The molecule has 3 aliphatic rings. The predicted octanol–water partition coefficient (Wildman–Crippen LogP) is 4.10. The molecule has 0 aromatic carbocycles. The molecule has 1 saturated carbocycles. The number of hydrogen-bond acceptors (Lipinski definition) is 2. The first-order chi connectivity index (χ1) is 12.1. The topological polar surface area (TPSA) is 58.5 Å². The number of allylic oxidation sites excluding steroid dienone is 3. The van der Waals surface area contributed by atoms with Gasteiger partial charge in [-0.3, -0.25) is 9.59 Å². The molecule has 134 valence electrons. The number of rotatable bonds is 4. The van der Waals surface area contributed by atoms with Gasteiger partial charge in [0.05, 0.1) is 5.71 Å². The van der Waals surface area contributed by atoms with Gasteiger partial charge in [0.25, 0.3) is 0 Å². The van der Waals surface area contributed by atoms with Gasteiger partial charge in [0.2, 0.25) is 11.8 Å². The fourth-order valence-electron chi connectivity index (χ4n) is 4.06. The van der Waals surface area contributed by atoms with Gasteiger partial charge in [0.1, 0.15) is 0 Å². The zero-order valence-electron chi connectivity index (χ0n) is 15.3. The van der Waals surface area contributed by atoms with E-state index in [1.54, 1.807) is 6.08 Å². The Hall–Kier alpha value is -1.97. The highest BCUT2D eigenvalue weighted by Crippen LogP contribution is 2.33. The Morgan fingerprint density at radius 1 is 1.24 bits per heavy atom. The van der Waals surface area contributed by atoms with Gasteiger partial charge in [-0.05, 0) is 50.7 Å². The van der Waals surface area contributed by atoms with Crippen molar-refractivity contribution in [3.8, 4) is 0 Å². The number of carbonyl (C=O) groups is 2. The summed E-state index contributed by atoms with van der Waals surface area (Å²) in [6.45, 7) is 4.18. The van der Waals surface area contributed by atoms with E-state index >= 15 is 0 Å². The van der Waals surface area contributed by atoms with E-state index in [0.29, 0.717) is 5.71 Å². The molecule has 1 unspecified atom stereocenters. The number of nitrogens with one attached hydrogen (secondary N) is 1. The number of fused-ring (bicyclic) bond motifs is 1. The van der Waals surface area contributed by atoms with Crippen LogP contribution in [0.25, 0.3) is 0 Å². The van der Waals surface area contributed by atoms with E-state index in [-0.39, 0.29) is 23.7 Å². The smallest absolute Gasteiger partial charge is 0.249 e. The summed E-state index contributed by atoms with van der Waals surface area (Å²) in [7, 11) is 0. The summed E-state index contributed by atoms with van der Waals surface area (Å²) in [5.74, 6) is 0.851. The third-order valence-corrected chi connectivity index (χ3v) is 5.62. The maximum absolute atomic E-state index is 12.5. The van der Waals surface area contributed by atoms with Crippen LogP contribution in [0.15, 0.2) is 40.6 Å². The lowest BCUT2D eigenvalue weighted by atomic mass is 9.79. The van der Waals surface area contributed by atoms with Crippen LogP contribution >= 0.6 is 0 Å². The minimum Gasteiger partial charge on any atom is -0.325 e. The predicted molar refractivity (Wildman–Crippen MR) is 100 cm³/mol. The lowest BCUT2D eigenvalue weighted by Gasteiger charge is -2.27. The van der Waals surface area contributed by atoms with Gasteiger partial charge in [0.15, 0.2) is 0 Å². The largest absolute Gasteiger partial charge is 0.325 e. The standard InChI is InChI=1S/C21H28N2O2/c1-3-4-5-15-6-8-16(9-7-15)21(25)22-17-10-11-18-14(2)12-20(24)23-19(18)13-17/h10-13,15-16,18H,3-9H2,1-2H3,(H,23,24). The highest BCUT2D eigenvalue weighted by atomic mass is 16.2. The fourth-order valence-corrected chi connectivity index (χ4v) is 4.06. The van der Waals surface area contributed by atoms with Crippen molar-refractivity contribution in [1.82, 2.24) is 5.32 Å². The Labute approximate surface area is 150 Å². The van der Waals surface area contributed by atoms with E-state index in [9.17, 15) is 9.59 Å². The Morgan fingerprint density at radius 2 is 2.00 bits per heavy atom. The third-order valence-electron chi connectivity index (χ3n) is 5.62. The van der Waals surface area contributed by atoms with Crippen molar-refractivity contribution in [3.05, 3.63) is 35.6 Å². The Kier molecular flexibility index (Phi) is 5.67. The summed E-state index contributed by atoms with van der Waals surface area (Å²) in [6, 6.07) is 0. The van der Waals surface area contributed by atoms with Crippen LogP contribution in [0.2, 0.25) is 0 Å². The van der Waals surface area contributed by atoms with Crippen LogP contribution in [0, 0.1) is 17.8 Å². The van der Waals surface area contributed by atoms with E-state index < -0.39 is 0 Å². The first-order valence-corrected chi connectivity index (χ1v) is 9.58. The van der Waals surface area contributed by atoms with Gasteiger partial charge in [0, 0.05) is 23.6 Å². The van der Waals surface area contributed by atoms with Crippen LogP contribution < -0.4 is 5.32 Å². The maximum Gasteiger partial charge on any atom is 0.249 e. The highest BCUT2D eigenvalue weighted by Gasteiger charge is 2.27. The molecule has 1 fully saturated rings. The van der Waals surface area contributed by atoms with Crippen LogP contribution in [0.5, 0.6) is 0 Å². The number of aliphatic imine (C=N–C) groups is 1. The third kappa shape index (κ3) is 4.36. The van der Waals surface area contributed by atoms with Crippen LogP contribution in [-0.2, 0) is 9.59 Å². The quantitative estimate of drug-likeness (QED) is 0.838. The zero-order chi connectivity index (χ0) is 17.8. The molecule has 0 saturated heterocycles. The minimum atomic E-state index is -0.105. The molecular weight excluding hydrogens is 312 g/mol. The molecule has 4 heteroatoms. The molecule has 25 heavy (non-hydrogen) atoms. The fraction of sp³-hybridized carbons (Fsp3) is 0.571. The van der Waals surface area contributed by atoms with E-state index in [2.05, 4.69) is 17.2 Å². The van der Waals surface area contributed by atoms with E-state index in [0.717, 1.165) is 42.9 Å². The van der Waals surface area contributed by atoms with Gasteiger partial charge >= 0.3 is 0 Å². The molecule has 2 aliphatic carbocycles. The van der Waals surface area contributed by atoms with Gasteiger partial charge in [-0.15, -0.1) is 0 Å². The molecule has 0 bridgehead atoms. The lowest BCUT2D eigenvalue weighted by molar-refractivity contribution is -0.122. The van der Waals surface area contributed by atoms with Gasteiger partial charge < -0.3 is 5.32 Å². The van der Waals surface area contributed by atoms with Crippen LogP contribution in [0.3, 0.4) is 0 Å². The highest BCUT2D eigenvalue weighted by molar-refractivity contribution is 6.11. The van der Waals surface area contributed by atoms with E-state index in [4.69, 9.17) is 0 Å². The van der Waals surface area contributed by atoms with Crippen molar-refractivity contribution < 1.29 is 9.59 Å². The Balaban J connectivity index is 1.61. The Morgan fingerprint density at radius 3 is 2.72 bits per heavy atom. The number of hydrogen-bond donors (Lipinski definition) is 1. The van der Waals surface area contributed by atoms with Crippen molar-refractivity contribution >= 4 is 17.5 Å². The van der Waals surface area contributed by atoms with Crippen LogP contribution in [0.1, 0.15) is 58.8 Å². The van der Waals surface area contributed by atoms with Gasteiger partial charge in [-0.25, -0.2) is 4.99 Å². The van der Waals surface area contributed by atoms with Gasteiger partial charge in [-0.2, -0.15) is 0 Å². The second-order valence-corrected chi connectivity index (χ2v) is 7.55. The summed E-state index contributed by atoms with van der Waals surface area (Å²) >= 11 is 0. The van der Waals surface area contributed by atoms with Crippen molar-refractivity contribution in [3.63, 3.8) is 0 Å². The summed E-state index contributed by atoms with van der Waals surface area (Å²) < 4.78 is 0. The molecular formula is C21H28N2O2. The second-order valence-electron chi connectivity index (χ2n) is 7.55. The second kappa shape index (κ2) is 7.94. The molecule has 1 heterocycles. The zero-order valence-corrected chi connectivity index (χ0v) is 15.3. The van der Waals surface area contributed by atoms with Crippen molar-refractivity contribution in [2.45, 2.75) is 58.8 Å². The number of nitrogens with zero attached hydrogens (tertiary/aromatic N) is 1. The van der Waals surface area contributed by atoms with Crippen molar-refractivity contribution in [2.24, 2.45) is 22.7 Å². The summed E-state index contributed by atoms with van der Waals surface area (Å²) in [5.41, 5.74) is 2.49. The molecule has 0 aromatic rings. The van der Waals surface area contributed by atoms with Crippen LogP contribution in [-0.4, -0.2) is 17.5 Å². The normalized spacial score (nSPS) is 30.4. The molecule has 2 amide bonds. The maximum atomic E-state index is 12.5. The average molecular weight is 340 g/mol. The monoisotopic (exact) mass is 340 g/mol. The average Bonchev–Trinajstić information content (AvgIpc) is 2.60. The molecule has 1 atom stereocenters. The number of carbonyl (C=O) groups excluding carboxylic acids is 2. The molecule has 0 aromatic heterocycles.